The van der Waals surface area contributed by atoms with E-state index in [2.05, 4.69) is 21.1 Å². The van der Waals surface area contributed by atoms with E-state index in [1.807, 2.05) is 24.3 Å². The van der Waals surface area contributed by atoms with Crippen molar-refractivity contribution in [3.05, 3.63) is 54.2 Å². The molecule has 1 N–H and O–H groups in total. The number of nitrogens with one attached hydrogen (secondary N) is 1. The number of hydrogen-bond acceptors (Lipinski definition) is 5. The summed E-state index contributed by atoms with van der Waals surface area (Å²) in [4.78, 5) is 17.2. The molecule has 6 nitrogen and oxygen atoms in total. The molecule has 4 rings (SSSR count). The maximum atomic E-state index is 12.6. The number of imidazole rings is 1. The minimum absolute atomic E-state index is 0.225. The van der Waals surface area contributed by atoms with Gasteiger partial charge in [-0.3, -0.25) is 4.79 Å². The van der Waals surface area contributed by atoms with E-state index in [-0.39, 0.29) is 5.91 Å². The Hall–Kier alpha value is -2.93. The summed E-state index contributed by atoms with van der Waals surface area (Å²) in [6.07, 6.45) is 2.07. The molecule has 1 aliphatic rings. The molecule has 2 heterocycles. The number of ether oxygens (including phenoxy) is 2. The van der Waals surface area contributed by atoms with Gasteiger partial charge in [-0.15, -0.1) is 0 Å². The fourth-order valence-electron chi connectivity index (χ4n) is 2.91. The lowest BCUT2D eigenvalue weighted by Gasteiger charge is -2.09. The van der Waals surface area contributed by atoms with Gasteiger partial charge in [0.25, 0.3) is 5.91 Å². The van der Waals surface area contributed by atoms with E-state index in [1.165, 1.54) is 0 Å². The highest BCUT2D eigenvalue weighted by atomic mass is 32.2. The van der Waals surface area contributed by atoms with Crippen LogP contribution in [0.2, 0.25) is 0 Å². The number of aryl methyl sites for hydroxylation is 1. The largest absolute Gasteiger partial charge is 0.497 e. The lowest BCUT2D eigenvalue weighted by Crippen LogP contribution is -2.12. The molecule has 0 bridgehead atoms. The van der Waals surface area contributed by atoms with E-state index >= 15 is 0 Å². The third-order valence-electron chi connectivity index (χ3n) is 4.36. The number of anilines is 1. The Morgan fingerprint density at radius 3 is 2.44 bits per heavy atom. The van der Waals surface area contributed by atoms with Crippen molar-refractivity contribution >= 4 is 23.4 Å². The van der Waals surface area contributed by atoms with Crippen LogP contribution < -0.4 is 14.8 Å². The summed E-state index contributed by atoms with van der Waals surface area (Å²) >= 11 is 1.77. The molecule has 0 spiro atoms. The molecule has 138 valence electrons. The molecule has 1 amide bonds. The van der Waals surface area contributed by atoms with Crippen molar-refractivity contribution < 1.29 is 14.3 Å². The first kappa shape index (κ1) is 17.5. The molecular formula is C20H19N3O3S. The highest BCUT2D eigenvalue weighted by molar-refractivity contribution is 7.99. The zero-order valence-electron chi connectivity index (χ0n) is 15.1. The Kier molecular flexibility index (Phi) is 4.77. The maximum Gasteiger partial charge on any atom is 0.255 e. The summed E-state index contributed by atoms with van der Waals surface area (Å²) in [6.45, 7) is 1.01. The van der Waals surface area contributed by atoms with E-state index in [1.54, 1.807) is 44.2 Å². The van der Waals surface area contributed by atoms with Crippen LogP contribution in [0.4, 0.5) is 5.69 Å². The molecule has 0 radical (unpaired) electrons. The number of nitrogens with zero attached hydrogens (tertiary/aromatic N) is 2. The summed E-state index contributed by atoms with van der Waals surface area (Å²) in [5, 5.41) is 3.96. The predicted octanol–water partition coefficient (Wildman–Crippen LogP) is 3.93. The highest BCUT2D eigenvalue weighted by Crippen LogP contribution is 2.29. The lowest BCUT2D eigenvalue weighted by molar-refractivity contribution is 0.102. The van der Waals surface area contributed by atoms with Gasteiger partial charge >= 0.3 is 0 Å². The first-order valence-electron chi connectivity index (χ1n) is 8.51. The van der Waals surface area contributed by atoms with Crippen LogP contribution in [-0.2, 0) is 6.54 Å². The van der Waals surface area contributed by atoms with Crippen LogP contribution in [0.25, 0.3) is 11.3 Å². The van der Waals surface area contributed by atoms with Gasteiger partial charge in [0.15, 0.2) is 5.16 Å². The van der Waals surface area contributed by atoms with Crippen LogP contribution in [0, 0.1) is 0 Å². The number of carbonyl (C=O) groups is 1. The topological polar surface area (TPSA) is 65.4 Å². The Bertz CT molecular complexity index is 939. The predicted molar refractivity (Wildman–Crippen MR) is 106 cm³/mol. The van der Waals surface area contributed by atoms with E-state index in [9.17, 15) is 4.79 Å². The van der Waals surface area contributed by atoms with Crippen LogP contribution in [-0.4, -0.2) is 35.4 Å². The average molecular weight is 381 g/mol. The number of carbonyl (C=O) groups excluding carboxylic acids is 1. The van der Waals surface area contributed by atoms with E-state index in [0.29, 0.717) is 22.7 Å². The Morgan fingerprint density at radius 2 is 1.81 bits per heavy atom. The second-order valence-corrected chi connectivity index (χ2v) is 7.15. The van der Waals surface area contributed by atoms with Crippen molar-refractivity contribution in [2.24, 2.45) is 0 Å². The second-order valence-electron chi connectivity index (χ2n) is 6.08. The van der Waals surface area contributed by atoms with Crippen LogP contribution in [0.15, 0.2) is 53.8 Å². The standard InChI is InChI=1S/C20H19N3O3S/c1-25-16-9-14(10-17(11-16)26-2)19(24)21-15-5-3-13(4-6-15)18-12-23-7-8-27-20(23)22-18/h3-6,9-12H,7-8H2,1-2H3,(H,21,24). The molecule has 1 aliphatic heterocycles. The van der Waals surface area contributed by atoms with E-state index < -0.39 is 0 Å². The maximum absolute atomic E-state index is 12.6. The lowest BCUT2D eigenvalue weighted by atomic mass is 10.1. The van der Waals surface area contributed by atoms with Gasteiger partial charge in [0, 0.05) is 41.4 Å². The molecule has 0 saturated carbocycles. The van der Waals surface area contributed by atoms with Gasteiger partial charge in [0.2, 0.25) is 0 Å². The highest BCUT2D eigenvalue weighted by Gasteiger charge is 2.15. The summed E-state index contributed by atoms with van der Waals surface area (Å²) in [7, 11) is 3.11. The van der Waals surface area contributed by atoms with Crippen molar-refractivity contribution in [3.8, 4) is 22.8 Å². The third-order valence-corrected chi connectivity index (χ3v) is 5.33. The summed E-state index contributed by atoms with van der Waals surface area (Å²) in [5.41, 5.74) is 3.16. The van der Waals surface area contributed by atoms with E-state index in [0.717, 1.165) is 28.7 Å². The number of amides is 1. The molecule has 0 aliphatic carbocycles. The Balaban J connectivity index is 1.50. The second kappa shape index (κ2) is 7.36. The SMILES string of the molecule is COc1cc(OC)cc(C(=O)Nc2ccc(-c3cn4c(n3)SCC4)cc2)c1. The smallest absolute Gasteiger partial charge is 0.255 e. The van der Waals surface area contributed by atoms with Crippen molar-refractivity contribution in [1.82, 2.24) is 9.55 Å². The summed E-state index contributed by atoms with van der Waals surface area (Å²) < 4.78 is 12.6. The zero-order valence-corrected chi connectivity index (χ0v) is 15.9. The van der Waals surface area contributed by atoms with Gasteiger partial charge in [0.1, 0.15) is 11.5 Å². The van der Waals surface area contributed by atoms with Crippen LogP contribution in [0.1, 0.15) is 10.4 Å². The molecular weight excluding hydrogens is 362 g/mol. The summed E-state index contributed by atoms with van der Waals surface area (Å²) in [5.74, 6) is 2.00. The molecule has 1 aromatic heterocycles. The van der Waals surface area contributed by atoms with Crippen LogP contribution in [0.3, 0.4) is 0 Å². The van der Waals surface area contributed by atoms with Gasteiger partial charge < -0.3 is 19.4 Å². The molecule has 3 aromatic rings. The van der Waals surface area contributed by atoms with Crippen LogP contribution in [0.5, 0.6) is 11.5 Å². The number of aromatic nitrogens is 2. The third kappa shape index (κ3) is 3.64. The first-order valence-corrected chi connectivity index (χ1v) is 9.49. The fourth-order valence-corrected chi connectivity index (χ4v) is 3.86. The molecule has 0 unspecified atom stereocenters. The minimum atomic E-state index is -0.225. The number of hydrogen-bond donors (Lipinski definition) is 1. The minimum Gasteiger partial charge on any atom is -0.497 e. The van der Waals surface area contributed by atoms with Gasteiger partial charge in [-0.25, -0.2) is 4.98 Å². The zero-order chi connectivity index (χ0) is 18.8. The van der Waals surface area contributed by atoms with Crippen molar-refractivity contribution in [1.29, 1.82) is 0 Å². The normalized spacial score (nSPS) is 12.5. The molecule has 27 heavy (non-hydrogen) atoms. The van der Waals surface area contributed by atoms with Crippen molar-refractivity contribution in [2.45, 2.75) is 11.7 Å². The quantitative estimate of drug-likeness (QED) is 0.726. The van der Waals surface area contributed by atoms with Gasteiger partial charge in [-0.05, 0) is 24.3 Å². The number of rotatable bonds is 5. The number of benzene rings is 2. The summed E-state index contributed by atoms with van der Waals surface area (Å²) in [6, 6.07) is 12.8. The van der Waals surface area contributed by atoms with Crippen LogP contribution >= 0.6 is 11.8 Å². The Morgan fingerprint density at radius 1 is 1.11 bits per heavy atom. The van der Waals surface area contributed by atoms with E-state index in [4.69, 9.17) is 9.47 Å². The van der Waals surface area contributed by atoms with Gasteiger partial charge in [0.05, 0.1) is 19.9 Å². The van der Waals surface area contributed by atoms with Crippen molar-refractivity contribution in [3.63, 3.8) is 0 Å². The van der Waals surface area contributed by atoms with Gasteiger partial charge in [-0.2, -0.15) is 0 Å². The molecule has 0 saturated heterocycles. The van der Waals surface area contributed by atoms with Crippen molar-refractivity contribution in [2.75, 3.05) is 25.3 Å². The molecule has 2 aromatic carbocycles. The average Bonchev–Trinajstić information content (AvgIpc) is 3.30. The Labute approximate surface area is 161 Å². The number of methoxy groups -OCH3 is 2. The molecule has 0 fully saturated rings. The molecule has 7 heteroatoms. The monoisotopic (exact) mass is 381 g/mol. The first-order chi connectivity index (χ1) is 13.2. The number of fused-ring (bicyclic) bond motifs is 1. The molecule has 0 atom stereocenters. The number of thioether (sulfide) groups is 1. The van der Waals surface area contributed by atoms with Gasteiger partial charge in [-0.1, -0.05) is 23.9 Å². The fraction of sp³-hybridized carbons (Fsp3) is 0.200.